The Hall–Kier alpha value is -6.97. The van der Waals surface area contributed by atoms with Gasteiger partial charge in [0.15, 0.2) is 0 Å². The Balaban J connectivity index is 0.000000296. The lowest BCUT2D eigenvalue weighted by molar-refractivity contribution is -0.251. The van der Waals surface area contributed by atoms with Crippen LogP contribution in [0.5, 0.6) is 0 Å². The molecule has 45 heavy (non-hydrogen) atoms. The molecule has 0 spiro atoms. The number of imide groups is 1. The van der Waals surface area contributed by atoms with Gasteiger partial charge in [0, 0.05) is 16.2 Å². The summed E-state index contributed by atoms with van der Waals surface area (Å²) in [4.78, 5) is 76.2. The number of benzene rings is 5. The summed E-state index contributed by atoms with van der Waals surface area (Å²) >= 11 is 0. The molecular formula is C29H20N4O12. The first kappa shape index (κ1) is 31.0. The van der Waals surface area contributed by atoms with E-state index in [-0.39, 0.29) is 16.2 Å². The van der Waals surface area contributed by atoms with Gasteiger partial charge in [0.2, 0.25) is 0 Å². The third kappa shape index (κ3) is 5.86. The van der Waals surface area contributed by atoms with Crippen LogP contribution < -0.4 is 16.8 Å². The minimum Gasteiger partial charge on any atom is -0.478 e. The summed E-state index contributed by atoms with van der Waals surface area (Å²) in [6.07, 6.45) is 4.51. The minimum atomic E-state index is -1.77. The molecule has 0 bridgehead atoms. The number of urea groups is 2. The molecule has 16 heteroatoms. The molecule has 0 unspecified atom stereocenters. The van der Waals surface area contributed by atoms with Crippen molar-refractivity contribution < 1.29 is 59.1 Å². The maximum Gasteiger partial charge on any atom is 0.337 e. The van der Waals surface area contributed by atoms with Crippen LogP contribution in [0.15, 0.2) is 66.0 Å². The van der Waals surface area contributed by atoms with Crippen molar-refractivity contribution in [3.05, 3.63) is 83.1 Å². The fourth-order valence-corrected chi connectivity index (χ4v) is 5.01. The smallest absolute Gasteiger partial charge is 0.337 e. The van der Waals surface area contributed by atoms with Gasteiger partial charge in [-0.1, -0.05) is 42.5 Å². The predicted octanol–water partition coefficient (Wildman–Crippen LogP) is 3.71. The topological polar surface area (TPSA) is 278 Å². The molecule has 5 aromatic rings. The summed E-state index contributed by atoms with van der Waals surface area (Å²) in [5.74, 6) is -6.58. The van der Waals surface area contributed by atoms with Gasteiger partial charge in [-0.25, -0.2) is 28.8 Å². The van der Waals surface area contributed by atoms with Crippen molar-refractivity contribution in [1.82, 2.24) is 5.32 Å². The molecule has 1 aliphatic heterocycles. The minimum absolute atomic E-state index is 0.00250. The van der Waals surface area contributed by atoms with Crippen molar-refractivity contribution in [2.24, 2.45) is 16.6 Å². The van der Waals surface area contributed by atoms with E-state index >= 15 is 0 Å². The Morgan fingerprint density at radius 2 is 1.18 bits per heavy atom. The van der Waals surface area contributed by atoms with Crippen LogP contribution in [0.4, 0.5) is 9.59 Å². The molecule has 0 radical (unpaired) electrons. The second-order valence-electron chi connectivity index (χ2n) is 8.95. The Labute approximate surface area is 249 Å². The number of nitrogens with two attached hydrogens (primary N) is 2. The molecule has 1 aliphatic rings. The fraction of sp³-hybridized carbons (Fsp3) is 0. The molecule has 0 aliphatic carbocycles. The van der Waals surface area contributed by atoms with Crippen molar-refractivity contribution in [2.45, 2.75) is 0 Å². The lowest BCUT2D eigenvalue weighted by atomic mass is 9.81. The monoisotopic (exact) mass is 616 g/mol. The van der Waals surface area contributed by atoms with Crippen molar-refractivity contribution in [3.63, 3.8) is 0 Å². The third-order valence-electron chi connectivity index (χ3n) is 6.41. The van der Waals surface area contributed by atoms with Gasteiger partial charge in [-0.15, -0.1) is 0 Å². The molecule has 0 fully saturated rings. The van der Waals surface area contributed by atoms with Crippen LogP contribution in [0.1, 0.15) is 41.4 Å². The Morgan fingerprint density at radius 3 is 1.60 bits per heavy atom. The molecule has 0 saturated heterocycles. The summed E-state index contributed by atoms with van der Waals surface area (Å²) in [7, 11) is 0. The van der Waals surface area contributed by atoms with Crippen LogP contribution in [0.3, 0.4) is 0 Å². The SMILES string of the molecule is C1=COON=C1.NC(=O)NC(N)=O.O=C(O)c1c(C(=O)O)c2c(C(=O)O)ccc3c4cccc5cccc(c(c1C(=O)O)c23)c54. The number of rotatable bonds is 4. The Kier molecular flexibility index (Phi) is 8.60. The highest BCUT2D eigenvalue weighted by molar-refractivity contribution is 6.40. The Bertz CT molecular complexity index is 2090. The van der Waals surface area contributed by atoms with E-state index in [4.69, 9.17) is 0 Å². The standard InChI is InChI=1S/C24H12O8.C3H3NO2.C2H5N3O2/c25-21(26)13-8-7-11-10-5-1-3-9-4-2-6-12(14(9)10)16-15(11)17(13)19(23(29)30)20(24(31)32)18(16)22(27)28;1-2-4-6-5-3-1;3-1(6)5-2(4)7/h1-8H,(H,25,26)(H,27,28)(H,29,30)(H,31,32);1-3H;(H5,3,4,5,6,7). The molecule has 6 rings (SSSR count). The van der Waals surface area contributed by atoms with Crippen LogP contribution in [-0.2, 0) is 9.88 Å². The summed E-state index contributed by atoms with van der Waals surface area (Å²) in [5, 5.41) is 47.1. The number of carbonyl (C=O) groups excluding carboxylic acids is 2. The first-order valence-corrected chi connectivity index (χ1v) is 12.4. The van der Waals surface area contributed by atoms with Gasteiger partial charge >= 0.3 is 35.9 Å². The highest BCUT2D eigenvalue weighted by Gasteiger charge is 2.33. The van der Waals surface area contributed by atoms with Crippen LogP contribution >= 0.6 is 0 Å². The molecule has 16 nitrogen and oxygen atoms in total. The van der Waals surface area contributed by atoms with Gasteiger partial charge in [0.25, 0.3) is 0 Å². The van der Waals surface area contributed by atoms with Gasteiger partial charge in [0.05, 0.1) is 28.5 Å². The number of primary amides is 2. The van der Waals surface area contributed by atoms with Crippen molar-refractivity contribution >= 4 is 85.2 Å². The average Bonchev–Trinajstić information content (AvgIpc) is 2.99. The van der Waals surface area contributed by atoms with Gasteiger partial charge in [-0.2, -0.15) is 4.99 Å². The maximum absolute atomic E-state index is 12.3. The van der Waals surface area contributed by atoms with E-state index in [1.54, 1.807) is 35.7 Å². The molecule has 0 atom stereocenters. The zero-order valence-electron chi connectivity index (χ0n) is 22.5. The van der Waals surface area contributed by atoms with Gasteiger partial charge in [-0.3, -0.25) is 10.2 Å². The van der Waals surface area contributed by atoms with Gasteiger partial charge in [-0.05, 0) is 44.2 Å². The number of carbonyl (C=O) groups is 6. The third-order valence-corrected chi connectivity index (χ3v) is 6.41. The quantitative estimate of drug-likeness (QED) is 0.0864. The number of amides is 4. The lowest BCUT2D eigenvalue weighted by Crippen LogP contribution is -2.38. The zero-order chi connectivity index (χ0) is 33.0. The number of oxime groups is 1. The van der Waals surface area contributed by atoms with E-state index in [9.17, 15) is 49.2 Å². The summed E-state index contributed by atoms with van der Waals surface area (Å²) in [6, 6.07) is 11.3. The second-order valence-corrected chi connectivity index (χ2v) is 8.95. The molecular weight excluding hydrogens is 596 g/mol. The van der Waals surface area contributed by atoms with Crippen LogP contribution in [0.2, 0.25) is 0 Å². The number of aromatic carboxylic acids is 4. The molecule has 9 N–H and O–H groups in total. The zero-order valence-corrected chi connectivity index (χ0v) is 22.5. The van der Waals surface area contributed by atoms with E-state index in [2.05, 4.69) is 26.5 Å². The Morgan fingerprint density at radius 1 is 0.622 bits per heavy atom. The lowest BCUT2D eigenvalue weighted by Gasteiger charge is -2.20. The van der Waals surface area contributed by atoms with E-state index in [0.717, 1.165) is 5.39 Å². The summed E-state index contributed by atoms with van der Waals surface area (Å²) in [6.45, 7) is 0. The van der Waals surface area contributed by atoms with E-state index in [1.807, 2.05) is 12.1 Å². The molecule has 228 valence electrons. The number of hydrogen-bond donors (Lipinski definition) is 7. The molecule has 4 amide bonds. The van der Waals surface area contributed by atoms with Crippen LogP contribution in [-0.4, -0.2) is 62.6 Å². The normalized spacial score (nSPS) is 11.5. The van der Waals surface area contributed by atoms with Gasteiger partial charge in [0.1, 0.15) is 6.26 Å². The number of carboxylic acids is 4. The van der Waals surface area contributed by atoms with Crippen molar-refractivity contribution in [1.29, 1.82) is 0 Å². The van der Waals surface area contributed by atoms with E-state index in [0.29, 0.717) is 21.5 Å². The number of fused-ring (bicyclic) bond motifs is 2. The number of nitrogens with one attached hydrogen (secondary N) is 1. The second kappa shape index (κ2) is 12.5. The summed E-state index contributed by atoms with van der Waals surface area (Å²) < 4.78 is 0. The summed E-state index contributed by atoms with van der Waals surface area (Å²) in [5.41, 5.74) is 5.96. The van der Waals surface area contributed by atoms with Crippen LogP contribution in [0.25, 0.3) is 43.1 Å². The van der Waals surface area contributed by atoms with E-state index in [1.165, 1.54) is 24.6 Å². The van der Waals surface area contributed by atoms with Gasteiger partial charge < -0.3 is 31.9 Å². The number of carboxylic acid groups (broad SMARTS) is 4. The number of hydrogen-bond acceptors (Lipinski definition) is 9. The highest BCUT2D eigenvalue weighted by atomic mass is 17.3. The average molecular weight is 616 g/mol. The predicted molar refractivity (Wildman–Crippen MR) is 158 cm³/mol. The van der Waals surface area contributed by atoms with E-state index < -0.39 is 58.2 Å². The highest BCUT2D eigenvalue weighted by Crippen LogP contribution is 2.45. The maximum atomic E-state index is 12.3. The van der Waals surface area contributed by atoms with Crippen molar-refractivity contribution in [3.8, 4) is 0 Å². The van der Waals surface area contributed by atoms with Crippen molar-refractivity contribution in [2.75, 3.05) is 0 Å². The number of allylic oxidation sites excluding steroid dienone is 1. The molecule has 0 saturated carbocycles. The van der Waals surface area contributed by atoms with Crippen LogP contribution in [0, 0.1) is 0 Å². The number of nitrogens with zero attached hydrogens (tertiary/aromatic N) is 1. The first-order valence-electron chi connectivity index (χ1n) is 12.4. The molecule has 5 aromatic carbocycles. The molecule has 0 aromatic heterocycles. The molecule has 1 heterocycles. The largest absolute Gasteiger partial charge is 0.478 e. The fourth-order valence-electron chi connectivity index (χ4n) is 5.01. The first-order chi connectivity index (χ1) is 21.4.